The van der Waals surface area contributed by atoms with Gasteiger partial charge in [0, 0.05) is 25.7 Å². The van der Waals surface area contributed by atoms with E-state index in [2.05, 4.69) is 10.6 Å². The Morgan fingerprint density at radius 1 is 1.35 bits per heavy atom. The molecule has 2 saturated heterocycles. The predicted octanol–water partition coefficient (Wildman–Crippen LogP) is 1.11. The number of ether oxygens (including phenoxy) is 2. The second kappa shape index (κ2) is 10.4. The van der Waals surface area contributed by atoms with Crippen LogP contribution in [0.25, 0.3) is 0 Å². The highest BCUT2D eigenvalue weighted by Gasteiger charge is 2.19. The van der Waals surface area contributed by atoms with Gasteiger partial charge in [-0.25, -0.2) is 0 Å². The summed E-state index contributed by atoms with van der Waals surface area (Å²) in [7, 11) is 0. The van der Waals surface area contributed by atoms with E-state index in [9.17, 15) is 4.79 Å². The van der Waals surface area contributed by atoms with Crippen molar-refractivity contribution in [3.8, 4) is 0 Å². The summed E-state index contributed by atoms with van der Waals surface area (Å²) in [5, 5.41) is 6.23. The van der Waals surface area contributed by atoms with Crippen LogP contribution < -0.4 is 10.6 Å². The molecular formula is C14H27ClN2O3. The molecule has 20 heavy (non-hydrogen) atoms. The number of piperidine rings is 1. The maximum atomic E-state index is 11.8. The van der Waals surface area contributed by atoms with E-state index in [1.807, 2.05) is 0 Å². The van der Waals surface area contributed by atoms with Crippen LogP contribution in [0.1, 0.15) is 32.1 Å². The summed E-state index contributed by atoms with van der Waals surface area (Å²) in [6.45, 7) is 4.89. The van der Waals surface area contributed by atoms with Crippen molar-refractivity contribution < 1.29 is 14.3 Å². The first-order valence-electron chi connectivity index (χ1n) is 7.53. The monoisotopic (exact) mass is 306 g/mol. The Hall–Kier alpha value is -0.360. The van der Waals surface area contributed by atoms with Crippen molar-refractivity contribution in [2.45, 2.75) is 38.1 Å². The zero-order chi connectivity index (χ0) is 13.3. The van der Waals surface area contributed by atoms with Crippen LogP contribution in [0.5, 0.6) is 0 Å². The van der Waals surface area contributed by atoms with Gasteiger partial charge in [-0.05, 0) is 32.2 Å². The normalized spacial score (nSPS) is 26.0. The molecule has 2 aliphatic rings. The number of carbonyl (C=O) groups excluding carboxylic acids is 1. The summed E-state index contributed by atoms with van der Waals surface area (Å²) in [6.07, 6.45) is 5.29. The van der Waals surface area contributed by atoms with Crippen molar-refractivity contribution in [2.75, 3.05) is 39.5 Å². The van der Waals surface area contributed by atoms with E-state index in [1.165, 1.54) is 6.42 Å². The second-order valence-corrected chi connectivity index (χ2v) is 5.45. The molecule has 0 aromatic heterocycles. The molecule has 2 unspecified atom stereocenters. The van der Waals surface area contributed by atoms with Gasteiger partial charge >= 0.3 is 0 Å². The van der Waals surface area contributed by atoms with Crippen molar-refractivity contribution in [3.63, 3.8) is 0 Å². The lowest BCUT2D eigenvalue weighted by Crippen LogP contribution is -2.46. The Bertz CT molecular complexity index is 267. The van der Waals surface area contributed by atoms with Gasteiger partial charge in [-0.2, -0.15) is 0 Å². The molecule has 0 bridgehead atoms. The molecule has 2 fully saturated rings. The highest BCUT2D eigenvalue weighted by Crippen LogP contribution is 2.12. The van der Waals surface area contributed by atoms with Gasteiger partial charge in [-0.3, -0.25) is 4.79 Å². The summed E-state index contributed by atoms with van der Waals surface area (Å²) < 4.78 is 10.9. The molecule has 0 spiro atoms. The van der Waals surface area contributed by atoms with Crippen LogP contribution >= 0.6 is 12.4 Å². The van der Waals surface area contributed by atoms with Gasteiger partial charge in [0.2, 0.25) is 5.91 Å². The first kappa shape index (κ1) is 17.7. The average molecular weight is 307 g/mol. The molecule has 2 heterocycles. The minimum atomic E-state index is 0. The molecule has 0 aromatic rings. The van der Waals surface area contributed by atoms with E-state index < -0.39 is 0 Å². The number of nitrogens with one attached hydrogen (secondary N) is 2. The lowest BCUT2D eigenvalue weighted by Gasteiger charge is -2.22. The topological polar surface area (TPSA) is 59.6 Å². The van der Waals surface area contributed by atoms with Crippen LogP contribution in [0, 0.1) is 5.92 Å². The maximum Gasteiger partial charge on any atom is 0.237 e. The third-order valence-corrected chi connectivity index (χ3v) is 3.77. The Balaban J connectivity index is 0.00000200. The Labute approximate surface area is 127 Å². The molecule has 5 nitrogen and oxygen atoms in total. The smallest absolute Gasteiger partial charge is 0.237 e. The number of hydrogen-bond acceptors (Lipinski definition) is 4. The number of rotatable bonds is 7. The Kier molecular flexibility index (Phi) is 9.18. The number of halogens is 1. The summed E-state index contributed by atoms with van der Waals surface area (Å²) in [5.41, 5.74) is 0. The molecule has 0 saturated carbocycles. The van der Waals surface area contributed by atoms with Gasteiger partial charge in [-0.1, -0.05) is 6.42 Å². The van der Waals surface area contributed by atoms with Gasteiger partial charge in [0.1, 0.15) is 0 Å². The van der Waals surface area contributed by atoms with Crippen molar-refractivity contribution in [3.05, 3.63) is 0 Å². The van der Waals surface area contributed by atoms with E-state index in [0.717, 1.165) is 58.7 Å². The minimum Gasteiger partial charge on any atom is -0.381 e. The van der Waals surface area contributed by atoms with E-state index in [1.54, 1.807) is 0 Å². The second-order valence-electron chi connectivity index (χ2n) is 5.45. The lowest BCUT2D eigenvalue weighted by atomic mass is 10.0. The van der Waals surface area contributed by atoms with E-state index in [-0.39, 0.29) is 24.4 Å². The van der Waals surface area contributed by atoms with Crippen LogP contribution in [-0.2, 0) is 14.3 Å². The third-order valence-electron chi connectivity index (χ3n) is 3.77. The average Bonchev–Trinajstić information content (AvgIpc) is 2.96. The maximum absolute atomic E-state index is 11.8. The standard InChI is InChI=1S/C14H26N2O3.ClH/c17-14(13-4-1-2-6-15-13)16-7-3-8-18-10-12-5-9-19-11-12;/h12-13,15H,1-11H2,(H,16,17);1H. The minimum absolute atomic E-state index is 0. The van der Waals surface area contributed by atoms with Gasteiger partial charge < -0.3 is 20.1 Å². The zero-order valence-corrected chi connectivity index (χ0v) is 12.9. The molecule has 2 N–H and O–H groups in total. The highest BCUT2D eigenvalue weighted by atomic mass is 35.5. The Morgan fingerprint density at radius 2 is 2.25 bits per heavy atom. The SMILES string of the molecule is Cl.O=C(NCCCOCC1CCOC1)C1CCCCN1. The van der Waals surface area contributed by atoms with Crippen LogP contribution in [0.3, 0.4) is 0 Å². The van der Waals surface area contributed by atoms with Gasteiger partial charge in [0.15, 0.2) is 0 Å². The molecule has 6 heteroatoms. The fraction of sp³-hybridized carbons (Fsp3) is 0.929. The largest absolute Gasteiger partial charge is 0.381 e. The van der Waals surface area contributed by atoms with Crippen LogP contribution in [0.2, 0.25) is 0 Å². The third kappa shape index (κ3) is 6.39. The number of carbonyl (C=O) groups is 1. The summed E-state index contributed by atoms with van der Waals surface area (Å²) >= 11 is 0. The highest BCUT2D eigenvalue weighted by molar-refractivity contribution is 5.85. The number of amides is 1. The van der Waals surface area contributed by atoms with E-state index >= 15 is 0 Å². The lowest BCUT2D eigenvalue weighted by molar-refractivity contribution is -0.123. The molecule has 1 amide bonds. The molecule has 2 atom stereocenters. The van der Waals surface area contributed by atoms with Crippen LogP contribution in [-0.4, -0.2) is 51.5 Å². The predicted molar refractivity (Wildman–Crippen MR) is 80.3 cm³/mol. The van der Waals surface area contributed by atoms with Crippen LogP contribution in [0.4, 0.5) is 0 Å². The quantitative estimate of drug-likeness (QED) is 0.692. The van der Waals surface area contributed by atoms with Crippen molar-refractivity contribution >= 4 is 18.3 Å². The van der Waals surface area contributed by atoms with E-state index in [0.29, 0.717) is 12.5 Å². The van der Waals surface area contributed by atoms with Crippen molar-refractivity contribution in [1.82, 2.24) is 10.6 Å². The molecule has 2 aliphatic heterocycles. The molecular weight excluding hydrogens is 280 g/mol. The van der Waals surface area contributed by atoms with Crippen molar-refractivity contribution in [1.29, 1.82) is 0 Å². The Morgan fingerprint density at radius 3 is 2.95 bits per heavy atom. The fourth-order valence-corrected chi connectivity index (χ4v) is 2.55. The molecule has 0 aliphatic carbocycles. The van der Waals surface area contributed by atoms with Crippen LogP contribution in [0.15, 0.2) is 0 Å². The molecule has 2 rings (SSSR count). The zero-order valence-electron chi connectivity index (χ0n) is 12.1. The fourth-order valence-electron chi connectivity index (χ4n) is 2.55. The first-order valence-corrected chi connectivity index (χ1v) is 7.53. The van der Waals surface area contributed by atoms with E-state index in [4.69, 9.17) is 9.47 Å². The summed E-state index contributed by atoms with van der Waals surface area (Å²) in [5.74, 6) is 0.713. The van der Waals surface area contributed by atoms with Crippen molar-refractivity contribution in [2.24, 2.45) is 5.92 Å². The first-order chi connectivity index (χ1) is 9.36. The van der Waals surface area contributed by atoms with Gasteiger partial charge in [0.25, 0.3) is 0 Å². The number of hydrogen-bond donors (Lipinski definition) is 2. The summed E-state index contributed by atoms with van der Waals surface area (Å²) in [6, 6.07) is 0.0188. The molecule has 118 valence electrons. The summed E-state index contributed by atoms with van der Waals surface area (Å²) in [4.78, 5) is 11.8. The van der Waals surface area contributed by atoms with Gasteiger partial charge in [-0.15, -0.1) is 12.4 Å². The van der Waals surface area contributed by atoms with Gasteiger partial charge in [0.05, 0.1) is 19.3 Å². The molecule has 0 aromatic carbocycles. The molecule has 0 radical (unpaired) electrons.